The van der Waals surface area contributed by atoms with E-state index in [-0.39, 0.29) is 6.10 Å². The molecule has 0 aromatic carbocycles. The van der Waals surface area contributed by atoms with E-state index < -0.39 is 0 Å². The van der Waals surface area contributed by atoms with E-state index in [0.29, 0.717) is 0 Å². The number of rotatable bonds is 5. The van der Waals surface area contributed by atoms with Gasteiger partial charge < -0.3 is 14.9 Å². The molecule has 112 valence electrons. The minimum atomic E-state index is -0.132. The summed E-state index contributed by atoms with van der Waals surface area (Å²) in [5.41, 5.74) is 0. The lowest BCUT2D eigenvalue weighted by Crippen LogP contribution is -2.46. The SMILES string of the molecule is CC[C@@H](O)CN1CCCC(CN2CCCCC2C)C1. The van der Waals surface area contributed by atoms with Crippen LogP contribution in [0, 0.1) is 5.92 Å². The molecule has 2 aliphatic heterocycles. The molecule has 0 spiro atoms. The van der Waals surface area contributed by atoms with Gasteiger partial charge in [0.15, 0.2) is 0 Å². The predicted molar refractivity (Wildman–Crippen MR) is 80.3 cm³/mol. The van der Waals surface area contributed by atoms with Crippen LogP contribution >= 0.6 is 0 Å². The van der Waals surface area contributed by atoms with Gasteiger partial charge in [0, 0.05) is 25.7 Å². The Morgan fingerprint density at radius 3 is 2.74 bits per heavy atom. The van der Waals surface area contributed by atoms with Gasteiger partial charge in [-0.15, -0.1) is 0 Å². The molecule has 3 nitrogen and oxygen atoms in total. The Balaban J connectivity index is 1.77. The molecule has 0 amide bonds. The Morgan fingerprint density at radius 2 is 2.00 bits per heavy atom. The number of hydrogen-bond donors (Lipinski definition) is 1. The van der Waals surface area contributed by atoms with Crippen LogP contribution in [0.1, 0.15) is 52.4 Å². The maximum absolute atomic E-state index is 9.81. The third kappa shape index (κ3) is 4.73. The number of β-amino-alcohol motifs (C(OH)–C–C–N with tert-alkyl or cyclic N) is 1. The Bertz CT molecular complexity index is 259. The summed E-state index contributed by atoms with van der Waals surface area (Å²) < 4.78 is 0. The highest BCUT2D eigenvalue weighted by Gasteiger charge is 2.26. The summed E-state index contributed by atoms with van der Waals surface area (Å²) in [5.74, 6) is 0.818. The van der Waals surface area contributed by atoms with Crippen molar-refractivity contribution in [1.29, 1.82) is 0 Å². The summed E-state index contributed by atoms with van der Waals surface area (Å²) in [6.45, 7) is 10.3. The number of piperidine rings is 2. The van der Waals surface area contributed by atoms with Crippen molar-refractivity contribution < 1.29 is 5.11 Å². The third-order valence-electron chi connectivity index (χ3n) is 4.98. The van der Waals surface area contributed by atoms with E-state index >= 15 is 0 Å². The van der Waals surface area contributed by atoms with Crippen molar-refractivity contribution in [2.24, 2.45) is 5.92 Å². The van der Waals surface area contributed by atoms with Crippen molar-refractivity contribution in [2.75, 3.05) is 32.7 Å². The van der Waals surface area contributed by atoms with Crippen LogP contribution in [0.4, 0.5) is 0 Å². The predicted octanol–water partition coefficient (Wildman–Crippen LogP) is 2.34. The summed E-state index contributed by atoms with van der Waals surface area (Å²) in [7, 11) is 0. The highest BCUT2D eigenvalue weighted by molar-refractivity contribution is 4.80. The van der Waals surface area contributed by atoms with E-state index in [1.807, 2.05) is 0 Å². The molecule has 2 unspecified atom stereocenters. The monoisotopic (exact) mass is 268 g/mol. The molecule has 0 saturated carbocycles. The van der Waals surface area contributed by atoms with Gasteiger partial charge in [-0.05, 0) is 58.0 Å². The van der Waals surface area contributed by atoms with Crippen LogP contribution in [0.5, 0.6) is 0 Å². The molecule has 2 heterocycles. The van der Waals surface area contributed by atoms with Gasteiger partial charge in [0.2, 0.25) is 0 Å². The Labute approximate surface area is 119 Å². The van der Waals surface area contributed by atoms with Crippen molar-refractivity contribution >= 4 is 0 Å². The average molecular weight is 268 g/mol. The zero-order valence-corrected chi connectivity index (χ0v) is 12.9. The van der Waals surface area contributed by atoms with Crippen LogP contribution in [0.2, 0.25) is 0 Å². The summed E-state index contributed by atoms with van der Waals surface area (Å²) in [6.07, 6.45) is 7.61. The van der Waals surface area contributed by atoms with E-state index in [2.05, 4.69) is 23.6 Å². The molecule has 2 aliphatic rings. The van der Waals surface area contributed by atoms with Crippen LogP contribution < -0.4 is 0 Å². The number of nitrogens with zero attached hydrogens (tertiary/aromatic N) is 2. The first-order valence-electron chi connectivity index (χ1n) is 8.33. The fraction of sp³-hybridized carbons (Fsp3) is 1.00. The molecule has 3 atom stereocenters. The van der Waals surface area contributed by atoms with E-state index in [1.54, 1.807) is 0 Å². The first kappa shape index (κ1) is 15.3. The molecule has 0 aromatic rings. The minimum absolute atomic E-state index is 0.132. The van der Waals surface area contributed by atoms with Gasteiger partial charge >= 0.3 is 0 Å². The molecule has 1 N–H and O–H groups in total. The summed E-state index contributed by atoms with van der Waals surface area (Å²) in [6, 6.07) is 0.783. The molecule has 2 saturated heterocycles. The van der Waals surface area contributed by atoms with Gasteiger partial charge in [-0.3, -0.25) is 0 Å². The number of aliphatic hydroxyl groups excluding tert-OH is 1. The van der Waals surface area contributed by atoms with Crippen molar-refractivity contribution in [3.63, 3.8) is 0 Å². The number of aliphatic hydroxyl groups is 1. The minimum Gasteiger partial charge on any atom is -0.392 e. The topological polar surface area (TPSA) is 26.7 Å². The lowest BCUT2D eigenvalue weighted by atomic mass is 9.94. The summed E-state index contributed by atoms with van der Waals surface area (Å²) in [5, 5.41) is 9.81. The van der Waals surface area contributed by atoms with Crippen LogP contribution in [-0.2, 0) is 0 Å². The van der Waals surface area contributed by atoms with Crippen LogP contribution in [0.15, 0.2) is 0 Å². The first-order chi connectivity index (χ1) is 9.19. The first-order valence-corrected chi connectivity index (χ1v) is 8.33. The van der Waals surface area contributed by atoms with E-state index in [9.17, 15) is 5.11 Å². The van der Waals surface area contributed by atoms with E-state index in [4.69, 9.17) is 0 Å². The van der Waals surface area contributed by atoms with Gasteiger partial charge in [0.1, 0.15) is 0 Å². The second-order valence-corrected chi connectivity index (χ2v) is 6.67. The van der Waals surface area contributed by atoms with E-state index in [0.717, 1.165) is 24.9 Å². The Hall–Kier alpha value is -0.120. The highest BCUT2D eigenvalue weighted by Crippen LogP contribution is 2.22. The Kier molecular flexibility index (Phi) is 6.11. The number of likely N-dealkylation sites (tertiary alicyclic amines) is 2. The molecular formula is C16H32N2O. The van der Waals surface area contributed by atoms with Crippen LogP contribution in [0.25, 0.3) is 0 Å². The molecule has 0 aromatic heterocycles. The molecule has 0 bridgehead atoms. The van der Waals surface area contributed by atoms with Gasteiger partial charge in [-0.25, -0.2) is 0 Å². The van der Waals surface area contributed by atoms with Crippen LogP contribution in [0.3, 0.4) is 0 Å². The molecule has 19 heavy (non-hydrogen) atoms. The Morgan fingerprint density at radius 1 is 1.16 bits per heavy atom. The van der Waals surface area contributed by atoms with Gasteiger partial charge in [-0.1, -0.05) is 13.3 Å². The smallest absolute Gasteiger partial charge is 0.0664 e. The third-order valence-corrected chi connectivity index (χ3v) is 4.98. The fourth-order valence-electron chi connectivity index (χ4n) is 3.65. The second kappa shape index (κ2) is 7.61. The molecule has 2 rings (SSSR count). The van der Waals surface area contributed by atoms with Crippen molar-refractivity contribution in [3.05, 3.63) is 0 Å². The summed E-state index contributed by atoms with van der Waals surface area (Å²) in [4.78, 5) is 5.19. The standard InChI is InChI=1S/C16H32N2O/c1-3-16(19)13-17-9-6-8-15(11-17)12-18-10-5-4-7-14(18)2/h14-16,19H,3-13H2,1-2H3/t14?,15?,16-/m1/s1. The fourth-order valence-corrected chi connectivity index (χ4v) is 3.65. The van der Waals surface area contributed by atoms with Gasteiger partial charge in [-0.2, -0.15) is 0 Å². The largest absolute Gasteiger partial charge is 0.392 e. The van der Waals surface area contributed by atoms with Crippen LogP contribution in [-0.4, -0.2) is 59.8 Å². The van der Waals surface area contributed by atoms with Crippen molar-refractivity contribution in [1.82, 2.24) is 9.80 Å². The number of hydrogen-bond acceptors (Lipinski definition) is 3. The van der Waals surface area contributed by atoms with E-state index in [1.165, 1.54) is 58.3 Å². The maximum Gasteiger partial charge on any atom is 0.0664 e. The lowest BCUT2D eigenvalue weighted by Gasteiger charge is -2.40. The molecule has 0 radical (unpaired) electrons. The maximum atomic E-state index is 9.81. The molecular weight excluding hydrogens is 236 g/mol. The summed E-state index contributed by atoms with van der Waals surface area (Å²) >= 11 is 0. The zero-order valence-electron chi connectivity index (χ0n) is 12.9. The van der Waals surface area contributed by atoms with Gasteiger partial charge in [0.05, 0.1) is 6.10 Å². The lowest BCUT2D eigenvalue weighted by molar-refractivity contribution is 0.0603. The average Bonchev–Trinajstić information content (AvgIpc) is 2.42. The second-order valence-electron chi connectivity index (χ2n) is 6.67. The quantitative estimate of drug-likeness (QED) is 0.829. The molecule has 2 fully saturated rings. The van der Waals surface area contributed by atoms with Crippen molar-refractivity contribution in [2.45, 2.75) is 64.5 Å². The molecule has 3 heteroatoms. The van der Waals surface area contributed by atoms with Crippen molar-refractivity contribution in [3.8, 4) is 0 Å². The normalized spacial score (nSPS) is 32.4. The molecule has 0 aliphatic carbocycles. The van der Waals surface area contributed by atoms with Gasteiger partial charge in [0.25, 0.3) is 0 Å². The highest BCUT2D eigenvalue weighted by atomic mass is 16.3. The zero-order chi connectivity index (χ0) is 13.7.